The highest BCUT2D eigenvalue weighted by molar-refractivity contribution is 5.85. The van der Waals surface area contributed by atoms with Gasteiger partial charge in [0.2, 0.25) is 11.8 Å². The standard InChI is InChI=1S/C20H29N3O3/c24-19(13-23-8-3-1-2-4-20(23)25)21-18-12-22(10-15-7-9-26-14-15)11-17(18)16-5-6-16/h7,9,14,16-18H,1-6,8,10-13H2,(H,21,24)/t17-,18+/m1/s1. The van der Waals surface area contributed by atoms with Crippen molar-refractivity contribution in [3.63, 3.8) is 0 Å². The molecule has 6 heteroatoms. The molecule has 3 fully saturated rings. The second-order valence-electron chi connectivity index (χ2n) is 8.13. The van der Waals surface area contributed by atoms with Crippen molar-refractivity contribution in [3.8, 4) is 0 Å². The van der Waals surface area contributed by atoms with Gasteiger partial charge in [0, 0.05) is 44.2 Å². The van der Waals surface area contributed by atoms with Crippen molar-refractivity contribution in [2.75, 3.05) is 26.2 Å². The molecule has 0 spiro atoms. The van der Waals surface area contributed by atoms with E-state index in [1.165, 1.54) is 18.4 Å². The van der Waals surface area contributed by atoms with Crippen molar-refractivity contribution in [2.24, 2.45) is 11.8 Å². The van der Waals surface area contributed by atoms with Crippen molar-refractivity contribution >= 4 is 11.8 Å². The Morgan fingerprint density at radius 1 is 1.23 bits per heavy atom. The van der Waals surface area contributed by atoms with Gasteiger partial charge in [0.05, 0.1) is 19.1 Å². The number of hydrogen-bond donors (Lipinski definition) is 1. The summed E-state index contributed by atoms with van der Waals surface area (Å²) in [5.41, 5.74) is 1.18. The molecule has 142 valence electrons. The van der Waals surface area contributed by atoms with E-state index in [0.29, 0.717) is 12.3 Å². The third-order valence-electron chi connectivity index (χ3n) is 6.01. The van der Waals surface area contributed by atoms with Gasteiger partial charge < -0.3 is 14.6 Å². The van der Waals surface area contributed by atoms with E-state index in [1.54, 1.807) is 17.4 Å². The van der Waals surface area contributed by atoms with Crippen LogP contribution in [0.15, 0.2) is 23.0 Å². The predicted octanol–water partition coefficient (Wildman–Crippen LogP) is 2.01. The number of nitrogens with zero attached hydrogens (tertiary/aromatic N) is 2. The Kier molecular flexibility index (Phi) is 5.29. The van der Waals surface area contributed by atoms with Gasteiger partial charge in [-0.05, 0) is 43.6 Å². The van der Waals surface area contributed by atoms with E-state index in [2.05, 4.69) is 10.2 Å². The van der Waals surface area contributed by atoms with E-state index in [0.717, 1.165) is 51.4 Å². The molecule has 1 aromatic heterocycles. The van der Waals surface area contributed by atoms with Crippen molar-refractivity contribution < 1.29 is 14.0 Å². The minimum Gasteiger partial charge on any atom is -0.472 e. The van der Waals surface area contributed by atoms with Gasteiger partial charge in [-0.25, -0.2) is 0 Å². The third kappa shape index (κ3) is 4.29. The van der Waals surface area contributed by atoms with E-state index in [4.69, 9.17) is 4.42 Å². The molecule has 3 aliphatic rings. The van der Waals surface area contributed by atoms with Crippen LogP contribution in [0.2, 0.25) is 0 Å². The first-order chi connectivity index (χ1) is 12.7. The summed E-state index contributed by atoms with van der Waals surface area (Å²) in [6.07, 6.45) is 9.68. The number of nitrogens with one attached hydrogen (secondary N) is 1. The van der Waals surface area contributed by atoms with E-state index in [1.807, 2.05) is 6.07 Å². The zero-order chi connectivity index (χ0) is 17.9. The van der Waals surface area contributed by atoms with Crippen LogP contribution < -0.4 is 5.32 Å². The Balaban J connectivity index is 1.33. The lowest BCUT2D eigenvalue weighted by atomic mass is 9.98. The van der Waals surface area contributed by atoms with E-state index < -0.39 is 0 Å². The molecule has 2 amide bonds. The minimum absolute atomic E-state index is 0.000983. The van der Waals surface area contributed by atoms with Gasteiger partial charge in [0.15, 0.2) is 0 Å². The molecule has 6 nitrogen and oxygen atoms in total. The highest BCUT2D eigenvalue weighted by Gasteiger charge is 2.43. The molecule has 1 N–H and O–H groups in total. The molecule has 0 bridgehead atoms. The highest BCUT2D eigenvalue weighted by Crippen LogP contribution is 2.41. The molecule has 2 atom stereocenters. The van der Waals surface area contributed by atoms with Gasteiger partial charge in [-0.2, -0.15) is 0 Å². The van der Waals surface area contributed by atoms with Crippen molar-refractivity contribution in [1.29, 1.82) is 0 Å². The third-order valence-corrected chi connectivity index (χ3v) is 6.01. The fraction of sp³-hybridized carbons (Fsp3) is 0.700. The van der Waals surface area contributed by atoms with Crippen LogP contribution >= 0.6 is 0 Å². The molecule has 1 aromatic rings. The average Bonchev–Trinajstić information content (AvgIpc) is 3.26. The summed E-state index contributed by atoms with van der Waals surface area (Å²) in [4.78, 5) is 28.9. The number of carbonyl (C=O) groups excluding carboxylic acids is 2. The predicted molar refractivity (Wildman–Crippen MR) is 97.2 cm³/mol. The number of likely N-dealkylation sites (tertiary alicyclic amines) is 2. The molecular weight excluding hydrogens is 330 g/mol. The fourth-order valence-corrected chi connectivity index (χ4v) is 4.47. The van der Waals surface area contributed by atoms with Gasteiger partial charge >= 0.3 is 0 Å². The molecular formula is C20H29N3O3. The smallest absolute Gasteiger partial charge is 0.239 e. The van der Waals surface area contributed by atoms with Gasteiger partial charge in [0.25, 0.3) is 0 Å². The maximum atomic E-state index is 12.6. The molecule has 0 radical (unpaired) electrons. The summed E-state index contributed by atoms with van der Waals surface area (Å²) >= 11 is 0. The molecule has 26 heavy (non-hydrogen) atoms. The Bertz CT molecular complexity index is 626. The summed E-state index contributed by atoms with van der Waals surface area (Å²) < 4.78 is 5.17. The zero-order valence-corrected chi connectivity index (χ0v) is 15.4. The Labute approximate surface area is 154 Å². The summed E-state index contributed by atoms with van der Waals surface area (Å²) in [5.74, 6) is 1.41. The number of furan rings is 1. The minimum atomic E-state index is 0.000983. The van der Waals surface area contributed by atoms with Crippen LogP contribution in [0.3, 0.4) is 0 Å². The average molecular weight is 359 g/mol. The number of amides is 2. The molecule has 3 heterocycles. The normalized spacial score (nSPS) is 27.5. The molecule has 4 rings (SSSR count). The highest BCUT2D eigenvalue weighted by atomic mass is 16.3. The molecule has 2 aliphatic heterocycles. The van der Waals surface area contributed by atoms with Gasteiger partial charge in [-0.1, -0.05) is 6.42 Å². The lowest BCUT2D eigenvalue weighted by molar-refractivity contribution is -0.135. The fourth-order valence-electron chi connectivity index (χ4n) is 4.47. The lowest BCUT2D eigenvalue weighted by Crippen LogP contribution is -2.47. The van der Waals surface area contributed by atoms with Crippen LogP contribution in [0.5, 0.6) is 0 Å². The largest absolute Gasteiger partial charge is 0.472 e. The number of hydrogen-bond acceptors (Lipinski definition) is 4. The second-order valence-corrected chi connectivity index (χ2v) is 8.13. The zero-order valence-electron chi connectivity index (χ0n) is 15.4. The summed E-state index contributed by atoms with van der Waals surface area (Å²) in [7, 11) is 0. The maximum Gasteiger partial charge on any atom is 0.239 e. The number of rotatable bonds is 6. The van der Waals surface area contributed by atoms with Crippen LogP contribution in [0.25, 0.3) is 0 Å². The Morgan fingerprint density at radius 2 is 2.12 bits per heavy atom. The van der Waals surface area contributed by atoms with E-state index in [9.17, 15) is 9.59 Å². The lowest BCUT2D eigenvalue weighted by Gasteiger charge is -2.23. The second kappa shape index (κ2) is 7.82. The summed E-state index contributed by atoms with van der Waals surface area (Å²) in [6.45, 7) is 3.72. The molecule has 1 aliphatic carbocycles. The van der Waals surface area contributed by atoms with Gasteiger partial charge in [-0.3, -0.25) is 14.5 Å². The van der Waals surface area contributed by atoms with Crippen LogP contribution in [0.1, 0.15) is 44.1 Å². The van der Waals surface area contributed by atoms with E-state index >= 15 is 0 Å². The summed E-state index contributed by atoms with van der Waals surface area (Å²) in [5, 5.41) is 3.25. The summed E-state index contributed by atoms with van der Waals surface area (Å²) in [6, 6.07) is 2.20. The topological polar surface area (TPSA) is 65.8 Å². The van der Waals surface area contributed by atoms with Crippen LogP contribution in [-0.4, -0.2) is 53.8 Å². The van der Waals surface area contributed by atoms with Crippen LogP contribution in [-0.2, 0) is 16.1 Å². The van der Waals surface area contributed by atoms with Gasteiger partial charge in [0.1, 0.15) is 0 Å². The van der Waals surface area contributed by atoms with Crippen molar-refractivity contribution in [2.45, 2.75) is 51.1 Å². The quantitative estimate of drug-likeness (QED) is 0.844. The first-order valence-electron chi connectivity index (χ1n) is 9.99. The Hall–Kier alpha value is -1.82. The number of carbonyl (C=O) groups is 2. The van der Waals surface area contributed by atoms with E-state index in [-0.39, 0.29) is 24.4 Å². The van der Waals surface area contributed by atoms with Crippen LogP contribution in [0, 0.1) is 11.8 Å². The molecule has 0 unspecified atom stereocenters. The monoisotopic (exact) mass is 359 g/mol. The molecule has 0 aromatic carbocycles. The van der Waals surface area contributed by atoms with Crippen LogP contribution in [0.4, 0.5) is 0 Å². The molecule has 1 saturated carbocycles. The van der Waals surface area contributed by atoms with Crippen molar-refractivity contribution in [3.05, 3.63) is 24.2 Å². The Morgan fingerprint density at radius 3 is 2.88 bits per heavy atom. The molecule has 2 saturated heterocycles. The van der Waals surface area contributed by atoms with Crippen molar-refractivity contribution in [1.82, 2.24) is 15.1 Å². The SMILES string of the molecule is O=C(CN1CCCCCC1=O)N[C@H]1CN(Cc2ccoc2)C[C@@H]1C1CC1. The first kappa shape index (κ1) is 17.6. The van der Waals surface area contributed by atoms with Gasteiger partial charge in [-0.15, -0.1) is 0 Å². The maximum absolute atomic E-state index is 12.6. The first-order valence-corrected chi connectivity index (χ1v) is 9.99.